The van der Waals surface area contributed by atoms with Crippen LogP contribution in [0.3, 0.4) is 0 Å². The highest BCUT2D eigenvalue weighted by molar-refractivity contribution is 5.94. The summed E-state index contributed by atoms with van der Waals surface area (Å²) >= 11 is 0. The molecule has 0 amide bonds. The molecule has 4 heteroatoms. The van der Waals surface area contributed by atoms with Crippen molar-refractivity contribution in [3.8, 4) is 5.75 Å². The number of para-hydroxylation sites is 2. The molecule has 0 radical (unpaired) electrons. The predicted octanol–water partition coefficient (Wildman–Crippen LogP) is 6.39. The highest BCUT2D eigenvalue weighted by Gasteiger charge is 2.07. The van der Waals surface area contributed by atoms with Crippen LogP contribution in [0.2, 0.25) is 0 Å². The highest BCUT2D eigenvalue weighted by Crippen LogP contribution is 2.16. The van der Waals surface area contributed by atoms with Crippen LogP contribution in [0.25, 0.3) is 0 Å². The molecule has 0 bridgehead atoms. The van der Waals surface area contributed by atoms with Crippen molar-refractivity contribution in [2.75, 3.05) is 18.5 Å². The lowest BCUT2D eigenvalue weighted by atomic mass is 10.1. The summed E-state index contributed by atoms with van der Waals surface area (Å²) in [7, 11) is 0. The molecule has 0 heterocycles. The SMILES string of the molecule is O=C(O)c1ccccc1NCCCCCCCCCCCOc1ccccc1. The number of carbonyl (C=O) groups is 1. The number of hydrogen-bond acceptors (Lipinski definition) is 3. The Morgan fingerprint density at radius 2 is 1.32 bits per heavy atom. The predicted molar refractivity (Wildman–Crippen MR) is 115 cm³/mol. The van der Waals surface area contributed by atoms with E-state index in [1.54, 1.807) is 12.1 Å². The first-order valence-electron chi connectivity index (χ1n) is 10.5. The third-order valence-corrected chi connectivity index (χ3v) is 4.81. The molecule has 152 valence electrons. The quantitative estimate of drug-likeness (QED) is 0.350. The second-order valence-electron chi connectivity index (χ2n) is 7.12. The van der Waals surface area contributed by atoms with Gasteiger partial charge < -0.3 is 15.2 Å². The monoisotopic (exact) mass is 383 g/mol. The molecule has 0 aromatic heterocycles. The Balaban J connectivity index is 1.38. The molecule has 0 unspecified atom stereocenters. The number of carboxylic acids is 1. The Morgan fingerprint density at radius 3 is 2.00 bits per heavy atom. The molecule has 4 nitrogen and oxygen atoms in total. The summed E-state index contributed by atoms with van der Waals surface area (Å²) in [6.45, 7) is 1.63. The minimum Gasteiger partial charge on any atom is -0.494 e. The van der Waals surface area contributed by atoms with E-state index in [2.05, 4.69) is 5.32 Å². The fraction of sp³-hybridized carbons (Fsp3) is 0.458. The molecule has 28 heavy (non-hydrogen) atoms. The van der Waals surface area contributed by atoms with E-state index in [0.29, 0.717) is 11.3 Å². The smallest absolute Gasteiger partial charge is 0.337 e. The third-order valence-electron chi connectivity index (χ3n) is 4.81. The van der Waals surface area contributed by atoms with Crippen LogP contribution in [0.15, 0.2) is 54.6 Å². The average molecular weight is 384 g/mol. The number of nitrogens with one attached hydrogen (secondary N) is 1. The van der Waals surface area contributed by atoms with Crippen LogP contribution < -0.4 is 10.1 Å². The van der Waals surface area contributed by atoms with Crippen molar-refractivity contribution in [2.45, 2.75) is 57.8 Å². The maximum atomic E-state index is 11.2. The van der Waals surface area contributed by atoms with Crippen LogP contribution in [-0.2, 0) is 0 Å². The summed E-state index contributed by atoms with van der Waals surface area (Å²) in [6.07, 6.45) is 11.0. The van der Waals surface area contributed by atoms with Gasteiger partial charge in [-0.25, -0.2) is 4.79 Å². The van der Waals surface area contributed by atoms with Gasteiger partial charge in [0.15, 0.2) is 0 Å². The van der Waals surface area contributed by atoms with Gasteiger partial charge in [-0.3, -0.25) is 0 Å². The van der Waals surface area contributed by atoms with Crippen molar-refractivity contribution in [3.63, 3.8) is 0 Å². The van der Waals surface area contributed by atoms with E-state index >= 15 is 0 Å². The maximum Gasteiger partial charge on any atom is 0.337 e. The molecule has 0 saturated carbocycles. The molecule has 2 aromatic carbocycles. The first-order valence-corrected chi connectivity index (χ1v) is 10.5. The zero-order chi connectivity index (χ0) is 19.9. The lowest BCUT2D eigenvalue weighted by molar-refractivity contribution is 0.0698. The van der Waals surface area contributed by atoms with E-state index in [-0.39, 0.29) is 0 Å². The van der Waals surface area contributed by atoms with Crippen LogP contribution in [0, 0.1) is 0 Å². The van der Waals surface area contributed by atoms with Crippen molar-refractivity contribution in [1.29, 1.82) is 0 Å². The number of aromatic carboxylic acids is 1. The Labute approximate surface area is 168 Å². The summed E-state index contributed by atoms with van der Waals surface area (Å²) in [5.41, 5.74) is 1.06. The number of unbranched alkanes of at least 4 members (excludes halogenated alkanes) is 8. The van der Waals surface area contributed by atoms with Gasteiger partial charge >= 0.3 is 5.97 Å². The van der Waals surface area contributed by atoms with Gasteiger partial charge in [-0.2, -0.15) is 0 Å². The van der Waals surface area contributed by atoms with Gasteiger partial charge in [-0.15, -0.1) is 0 Å². The van der Waals surface area contributed by atoms with Crippen molar-refractivity contribution in [3.05, 3.63) is 60.2 Å². The van der Waals surface area contributed by atoms with Crippen molar-refractivity contribution in [2.24, 2.45) is 0 Å². The zero-order valence-electron chi connectivity index (χ0n) is 16.7. The first-order chi connectivity index (χ1) is 13.8. The van der Waals surface area contributed by atoms with E-state index in [1.165, 1.54) is 44.9 Å². The highest BCUT2D eigenvalue weighted by atomic mass is 16.5. The van der Waals surface area contributed by atoms with Gasteiger partial charge in [0.05, 0.1) is 12.2 Å². The summed E-state index contributed by atoms with van der Waals surface area (Å²) in [5, 5.41) is 12.4. The Hall–Kier alpha value is -2.49. The fourth-order valence-corrected chi connectivity index (χ4v) is 3.22. The number of ether oxygens (including phenoxy) is 1. The fourth-order valence-electron chi connectivity index (χ4n) is 3.22. The molecule has 0 atom stereocenters. The lowest BCUT2D eigenvalue weighted by Gasteiger charge is -2.09. The van der Waals surface area contributed by atoms with Gasteiger partial charge in [0.25, 0.3) is 0 Å². The molecular formula is C24H33NO3. The van der Waals surface area contributed by atoms with Crippen LogP contribution in [-0.4, -0.2) is 24.2 Å². The maximum absolute atomic E-state index is 11.2. The lowest BCUT2D eigenvalue weighted by Crippen LogP contribution is -2.07. The van der Waals surface area contributed by atoms with Crippen LogP contribution >= 0.6 is 0 Å². The number of rotatable bonds is 15. The van der Waals surface area contributed by atoms with Gasteiger partial charge in [0, 0.05) is 12.2 Å². The number of hydrogen-bond donors (Lipinski definition) is 2. The summed E-state index contributed by atoms with van der Waals surface area (Å²) in [5.74, 6) is 0.0816. The largest absolute Gasteiger partial charge is 0.494 e. The second-order valence-corrected chi connectivity index (χ2v) is 7.12. The van der Waals surface area contributed by atoms with Crippen molar-refractivity contribution >= 4 is 11.7 Å². The minimum atomic E-state index is -0.880. The van der Waals surface area contributed by atoms with E-state index in [4.69, 9.17) is 9.84 Å². The Bertz CT molecular complexity index is 673. The van der Waals surface area contributed by atoms with Gasteiger partial charge in [-0.05, 0) is 37.1 Å². The van der Waals surface area contributed by atoms with E-state index < -0.39 is 5.97 Å². The van der Waals surface area contributed by atoms with Crippen LogP contribution in [0.5, 0.6) is 5.75 Å². The van der Waals surface area contributed by atoms with Gasteiger partial charge in [0.2, 0.25) is 0 Å². The standard InChI is InChI=1S/C24H33NO3/c26-24(27)22-17-11-12-18-23(22)25-19-13-6-4-2-1-3-5-7-14-20-28-21-15-9-8-10-16-21/h8-12,15-18,25H,1-7,13-14,19-20H2,(H,26,27). The van der Waals surface area contributed by atoms with Crippen molar-refractivity contribution < 1.29 is 14.6 Å². The number of anilines is 1. The minimum absolute atomic E-state index is 0.344. The van der Waals surface area contributed by atoms with E-state index in [0.717, 1.165) is 31.7 Å². The van der Waals surface area contributed by atoms with Crippen LogP contribution in [0.1, 0.15) is 68.1 Å². The Morgan fingerprint density at radius 1 is 0.750 bits per heavy atom. The topological polar surface area (TPSA) is 58.6 Å². The molecule has 0 aliphatic heterocycles. The zero-order valence-corrected chi connectivity index (χ0v) is 16.7. The molecule has 2 N–H and O–H groups in total. The molecule has 0 aliphatic carbocycles. The molecule has 2 aromatic rings. The van der Waals surface area contributed by atoms with Crippen molar-refractivity contribution in [1.82, 2.24) is 0 Å². The molecule has 2 rings (SSSR count). The normalized spacial score (nSPS) is 10.6. The molecule has 0 aliphatic rings. The second kappa shape index (κ2) is 13.6. The molecule has 0 spiro atoms. The summed E-state index contributed by atoms with van der Waals surface area (Å²) < 4.78 is 5.70. The summed E-state index contributed by atoms with van der Waals surface area (Å²) in [4.78, 5) is 11.2. The van der Waals surface area contributed by atoms with E-state index in [9.17, 15) is 4.79 Å². The molecule has 0 saturated heterocycles. The average Bonchev–Trinajstić information content (AvgIpc) is 2.72. The summed E-state index contributed by atoms with van der Waals surface area (Å²) in [6, 6.07) is 17.1. The van der Waals surface area contributed by atoms with Gasteiger partial charge in [0.1, 0.15) is 5.75 Å². The van der Waals surface area contributed by atoms with Crippen LogP contribution in [0.4, 0.5) is 5.69 Å². The molecular weight excluding hydrogens is 350 g/mol. The number of carboxylic acid groups (broad SMARTS) is 1. The third kappa shape index (κ3) is 8.94. The molecule has 0 fully saturated rings. The Kier molecular flexibility index (Phi) is 10.6. The van der Waals surface area contributed by atoms with Gasteiger partial charge in [-0.1, -0.05) is 75.3 Å². The first kappa shape index (κ1) is 21.8. The van der Waals surface area contributed by atoms with E-state index in [1.807, 2.05) is 42.5 Å². The number of benzene rings is 2.